The number of anilines is 2. The van der Waals surface area contributed by atoms with Crippen LogP contribution < -0.4 is 14.4 Å². The quantitative estimate of drug-likeness (QED) is 0.190. The molecule has 4 aromatic rings. The van der Waals surface area contributed by atoms with Gasteiger partial charge in [0, 0.05) is 11.4 Å². The fourth-order valence-corrected chi connectivity index (χ4v) is 4.05. The molecular formula is C33H33NO6. The lowest BCUT2D eigenvalue weighted by atomic mass is 10.0. The smallest absolute Gasteiger partial charge is 0.373 e. The zero-order valence-corrected chi connectivity index (χ0v) is 23.0. The highest BCUT2D eigenvalue weighted by atomic mass is 16.5. The van der Waals surface area contributed by atoms with Gasteiger partial charge in [-0.05, 0) is 92.6 Å². The lowest BCUT2D eigenvalue weighted by molar-refractivity contribution is -0.191. The zero-order chi connectivity index (χ0) is 28.9. The predicted octanol–water partition coefficient (Wildman–Crippen LogP) is 7.80. The van der Waals surface area contributed by atoms with Gasteiger partial charge < -0.3 is 19.1 Å². The number of nitrogens with zero attached hydrogens (tertiary/aromatic N) is 1. The number of esters is 1. The highest BCUT2D eigenvalue weighted by Gasteiger charge is 2.32. The van der Waals surface area contributed by atoms with E-state index >= 15 is 0 Å². The van der Waals surface area contributed by atoms with E-state index in [1.807, 2.05) is 142 Å². The summed E-state index contributed by atoms with van der Waals surface area (Å²) in [5.41, 5.74) is 1.72. The summed E-state index contributed by atoms with van der Waals surface area (Å²) < 4.78 is 17.6. The monoisotopic (exact) mass is 539 g/mol. The molecule has 1 unspecified atom stereocenters. The first-order chi connectivity index (χ1) is 19.3. The van der Waals surface area contributed by atoms with Crippen LogP contribution in [0.2, 0.25) is 0 Å². The van der Waals surface area contributed by atoms with Crippen molar-refractivity contribution in [2.45, 2.75) is 39.8 Å². The second-order valence-electron chi connectivity index (χ2n) is 9.45. The minimum Gasteiger partial charge on any atom is -0.461 e. The van der Waals surface area contributed by atoms with Crippen LogP contribution >= 0.6 is 0 Å². The molecule has 0 heterocycles. The van der Waals surface area contributed by atoms with Gasteiger partial charge in [-0.3, -0.25) is 0 Å². The van der Waals surface area contributed by atoms with E-state index in [4.69, 9.17) is 23.8 Å². The molecule has 0 N–H and O–H groups in total. The van der Waals surface area contributed by atoms with Crippen LogP contribution in [0.5, 0.6) is 23.0 Å². The standard InChI is InChI=1S/C32H33NO4.CO2/c1-23(2)31(32(34)35-24(3)4)33(25-15-19-29(20-16-25)36-27-11-7-5-8-12-27)26-17-21-30(22-18-26)37-28-13-9-6-10-14-28;2-1-3/h5-24,31H,1-4H3;. The third kappa shape index (κ3) is 8.58. The SMILES string of the molecule is CC(C)OC(=O)C(C(C)C)N(c1ccc(Oc2ccccc2)cc1)c1ccc(Oc2ccccc2)cc1.O=C=O. The van der Waals surface area contributed by atoms with E-state index in [0.717, 1.165) is 22.9 Å². The van der Waals surface area contributed by atoms with Gasteiger partial charge in [-0.15, -0.1) is 0 Å². The molecule has 0 spiro atoms. The van der Waals surface area contributed by atoms with Gasteiger partial charge in [0.05, 0.1) is 6.10 Å². The first-order valence-corrected chi connectivity index (χ1v) is 13.0. The van der Waals surface area contributed by atoms with Crippen molar-refractivity contribution >= 4 is 23.5 Å². The zero-order valence-electron chi connectivity index (χ0n) is 23.0. The van der Waals surface area contributed by atoms with E-state index in [1.54, 1.807) is 0 Å². The van der Waals surface area contributed by atoms with Crippen molar-refractivity contribution in [1.82, 2.24) is 0 Å². The van der Waals surface area contributed by atoms with E-state index in [0.29, 0.717) is 11.5 Å². The van der Waals surface area contributed by atoms with Crippen molar-refractivity contribution in [2.75, 3.05) is 4.90 Å². The summed E-state index contributed by atoms with van der Waals surface area (Å²) in [6.45, 7) is 7.79. The molecule has 7 nitrogen and oxygen atoms in total. The first kappa shape index (κ1) is 29.7. The Morgan fingerprint density at radius 1 is 0.600 bits per heavy atom. The fourth-order valence-electron chi connectivity index (χ4n) is 4.05. The molecule has 0 saturated carbocycles. The van der Waals surface area contributed by atoms with Crippen LogP contribution in [0.15, 0.2) is 109 Å². The molecule has 0 radical (unpaired) electrons. The van der Waals surface area contributed by atoms with E-state index in [1.165, 1.54) is 0 Å². The number of carbonyl (C=O) groups excluding carboxylic acids is 3. The van der Waals surface area contributed by atoms with Crippen molar-refractivity contribution in [2.24, 2.45) is 5.92 Å². The normalized spacial score (nSPS) is 11.1. The summed E-state index contributed by atoms with van der Waals surface area (Å²) in [4.78, 5) is 31.6. The molecule has 4 rings (SSSR count). The van der Waals surface area contributed by atoms with Crippen LogP contribution in [-0.4, -0.2) is 24.3 Å². The Bertz CT molecular complexity index is 1260. The number of ether oxygens (including phenoxy) is 3. The van der Waals surface area contributed by atoms with Gasteiger partial charge in [-0.1, -0.05) is 50.2 Å². The third-order valence-corrected chi connectivity index (χ3v) is 5.69. The molecule has 4 aromatic carbocycles. The van der Waals surface area contributed by atoms with Crippen LogP contribution in [0.3, 0.4) is 0 Å². The number of carbonyl (C=O) groups is 1. The Kier molecular flexibility index (Phi) is 11.1. The molecule has 7 heteroatoms. The fraction of sp³-hybridized carbons (Fsp3) is 0.212. The van der Waals surface area contributed by atoms with Crippen molar-refractivity contribution in [3.63, 3.8) is 0 Å². The second-order valence-corrected chi connectivity index (χ2v) is 9.45. The topological polar surface area (TPSA) is 82.1 Å². The van der Waals surface area contributed by atoms with Gasteiger partial charge in [-0.25, -0.2) is 4.79 Å². The number of benzene rings is 4. The summed E-state index contributed by atoms with van der Waals surface area (Å²) in [6.07, 6.45) is 0.0406. The maximum atomic E-state index is 13.3. The summed E-state index contributed by atoms with van der Waals surface area (Å²) in [6, 6.07) is 34.3. The van der Waals surface area contributed by atoms with Crippen molar-refractivity contribution in [3.8, 4) is 23.0 Å². The number of rotatable bonds is 10. The van der Waals surface area contributed by atoms with E-state index < -0.39 is 6.04 Å². The lowest BCUT2D eigenvalue weighted by Gasteiger charge is -2.35. The van der Waals surface area contributed by atoms with Crippen LogP contribution in [0, 0.1) is 5.92 Å². The molecule has 0 fully saturated rings. The van der Waals surface area contributed by atoms with Crippen molar-refractivity contribution in [1.29, 1.82) is 0 Å². The summed E-state index contributed by atoms with van der Waals surface area (Å²) in [7, 11) is 0. The minimum atomic E-state index is -0.524. The number of hydrogen-bond acceptors (Lipinski definition) is 7. The van der Waals surface area contributed by atoms with E-state index in [2.05, 4.69) is 0 Å². The molecule has 0 aliphatic carbocycles. The molecule has 0 amide bonds. The lowest BCUT2D eigenvalue weighted by Crippen LogP contribution is -2.44. The third-order valence-electron chi connectivity index (χ3n) is 5.69. The average Bonchev–Trinajstić information content (AvgIpc) is 2.94. The summed E-state index contributed by atoms with van der Waals surface area (Å²) >= 11 is 0. The molecule has 1 atom stereocenters. The van der Waals surface area contributed by atoms with E-state index in [9.17, 15) is 4.79 Å². The molecule has 206 valence electrons. The van der Waals surface area contributed by atoms with Crippen molar-refractivity contribution < 1.29 is 28.6 Å². The van der Waals surface area contributed by atoms with Gasteiger partial charge in [-0.2, -0.15) is 9.59 Å². The van der Waals surface area contributed by atoms with Gasteiger partial charge in [0.25, 0.3) is 0 Å². The second kappa shape index (κ2) is 14.9. The van der Waals surface area contributed by atoms with Gasteiger partial charge >= 0.3 is 12.1 Å². The number of para-hydroxylation sites is 2. The predicted molar refractivity (Wildman–Crippen MR) is 153 cm³/mol. The van der Waals surface area contributed by atoms with Crippen molar-refractivity contribution in [3.05, 3.63) is 109 Å². The molecular weight excluding hydrogens is 506 g/mol. The largest absolute Gasteiger partial charge is 0.461 e. The Morgan fingerprint density at radius 3 is 1.27 bits per heavy atom. The maximum Gasteiger partial charge on any atom is 0.373 e. The highest BCUT2D eigenvalue weighted by Crippen LogP contribution is 2.35. The highest BCUT2D eigenvalue weighted by molar-refractivity contribution is 5.84. The van der Waals surface area contributed by atoms with Gasteiger partial charge in [0.15, 0.2) is 0 Å². The molecule has 0 aromatic heterocycles. The van der Waals surface area contributed by atoms with Crippen LogP contribution in [0.1, 0.15) is 27.7 Å². The van der Waals surface area contributed by atoms with Crippen LogP contribution in [0.4, 0.5) is 11.4 Å². The Balaban J connectivity index is 0.00000141. The maximum absolute atomic E-state index is 13.3. The van der Waals surface area contributed by atoms with Crippen LogP contribution in [-0.2, 0) is 19.1 Å². The molecule has 0 aliphatic rings. The number of hydrogen-bond donors (Lipinski definition) is 0. The molecule has 0 saturated heterocycles. The van der Waals surface area contributed by atoms with Gasteiger partial charge in [0.1, 0.15) is 29.0 Å². The van der Waals surface area contributed by atoms with E-state index in [-0.39, 0.29) is 24.1 Å². The Hall–Kier alpha value is -4.87. The van der Waals surface area contributed by atoms with Gasteiger partial charge in [0.2, 0.25) is 0 Å². The van der Waals surface area contributed by atoms with Crippen LogP contribution in [0.25, 0.3) is 0 Å². The average molecular weight is 540 g/mol. The minimum absolute atomic E-state index is 0.00765. The molecule has 40 heavy (non-hydrogen) atoms. The molecule has 0 bridgehead atoms. The Labute approximate surface area is 234 Å². The molecule has 0 aliphatic heterocycles. The summed E-state index contributed by atoms with van der Waals surface area (Å²) in [5.74, 6) is 2.69. The Morgan fingerprint density at radius 2 is 0.950 bits per heavy atom. The summed E-state index contributed by atoms with van der Waals surface area (Å²) in [5, 5.41) is 0. The first-order valence-electron chi connectivity index (χ1n) is 13.0.